The number of imidazole rings is 1. The molecule has 3 heterocycles. The molecule has 224 valence electrons. The van der Waals surface area contributed by atoms with Crippen molar-refractivity contribution in [3.8, 4) is 11.4 Å². The van der Waals surface area contributed by atoms with Crippen LogP contribution in [0.5, 0.6) is 0 Å². The van der Waals surface area contributed by atoms with Gasteiger partial charge in [-0.05, 0) is 43.3 Å². The van der Waals surface area contributed by atoms with Crippen LogP contribution in [0.4, 0.5) is 11.5 Å². The maximum atomic E-state index is 11.7. The van der Waals surface area contributed by atoms with Gasteiger partial charge in [0.15, 0.2) is 22.8 Å². The molecule has 1 saturated heterocycles. The number of aryl methyl sites for hydroxylation is 1. The van der Waals surface area contributed by atoms with Gasteiger partial charge in [0, 0.05) is 50.4 Å². The Morgan fingerprint density at radius 3 is 2.53 bits per heavy atom. The third-order valence-corrected chi connectivity index (χ3v) is 7.10. The van der Waals surface area contributed by atoms with Crippen molar-refractivity contribution in [3.05, 3.63) is 71.6 Å². The quantitative estimate of drug-likeness (QED) is 0.145. The first kappa shape index (κ1) is 29.8. The van der Waals surface area contributed by atoms with E-state index < -0.39 is 5.91 Å². The summed E-state index contributed by atoms with van der Waals surface area (Å²) in [5, 5.41) is 11.5. The van der Waals surface area contributed by atoms with Crippen molar-refractivity contribution in [2.24, 2.45) is 0 Å². The molecule has 0 unspecified atom stereocenters. The number of ether oxygens (including phenoxy) is 1. The Hall–Kier alpha value is -4.65. The number of carbonyl (C=O) groups is 2. The molecular formula is C31H36N8O4. The van der Waals surface area contributed by atoms with Gasteiger partial charge in [-0.1, -0.05) is 36.4 Å². The summed E-state index contributed by atoms with van der Waals surface area (Å²) in [6.07, 6.45) is 2.91. The minimum Gasteiger partial charge on any atom is -0.378 e. The van der Waals surface area contributed by atoms with Crippen molar-refractivity contribution in [1.29, 1.82) is 0 Å². The van der Waals surface area contributed by atoms with Crippen molar-refractivity contribution in [2.45, 2.75) is 33.5 Å². The van der Waals surface area contributed by atoms with E-state index in [0.717, 1.165) is 39.5 Å². The number of hydrogen-bond donors (Lipinski definition) is 3. The van der Waals surface area contributed by atoms with E-state index in [-0.39, 0.29) is 5.91 Å². The van der Waals surface area contributed by atoms with Crippen molar-refractivity contribution >= 4 is 40.6 Å². The Morgan fingerprint density at radius 1 is 1.07 bits per heavy atom. The summed E-state index contributed by atoms with van der Waals surface area (Å²) in [6, 6.07) is 15.4. The zero-order valence-corrected chi connectivity index (χ0v) is 24.6. The van der Waals surface area contributed by atoms with E-state index in [1.807, 2.05) is 55.6 Å². The normalized spacial score (nSPS) is 13.7. The lowest BCUT2D eigenvalue weighted by Gasteiger charge is -2.28. The van der Waals surface area contributed by atoms with E-state index in [0.29, 0.717) is 57.4 Å². The minimum absolute atomic E-state index is 0.139. The summed E-state index contributed by atoms with van der Waals surface area (Å²) < 4.78 is 7.75. The van der Waals surface area contributed by atoms with Gasteiger partial charge in [0.25, 0.3) is 5.91 Å². The average Bonchev–Trinajstić information content (AvgIpc) is 3.36. The average molecular weight is 585 g/mol. The molecule has 0 radical (unpaired) electrons. The molecular weight excluding hydrogens is 548 g/mol. The van der Waals surface area contributed by atoms with Crippen LogP contribution >= 0.6 is 0 Å². The molecule has 1 aliphatic heterocycles. The zero-order valence-electron chi connectivity index (χ0n) is 24.6. The van der Waals surface area contributed by atoms with Gasteiger partial charge in [0.05, 0.1) is 19.8 Å². The Morgan fingerprint density at radius 2 is 1.84 bits per heavy atom. The van der Waals surface area contributed by atoms with E-state index in [1.54, 1.807) is 11.6 Å². The van der Waals surface area contributed by atoms with Crippen molar-refractivity contribution in [3.63, 3.8) is 0 Å². The minimum atomic E-state index is -0.574. The molecule has 1 aliphatic rings. The van der Waals surface area contributed by atoms with Gasteiger partial charge in [-0.3, -0.25) is 19.7 Å². The number of nitrogens with zero attached hydrogens (tertiary/aromatic N) is 6. The van der Waals surface area contributed by atoms with E-state index in [1.165, 1.54) is 13.0 Å². The predicted molar refractivity (Wildman–Crippen MR) is 164 cm³/mol. The second-order valence-corrected chi connectivity index (χ2v) is 10.4. The molecule has 2 aromatic carbocycles. The smallest absolute Gasteiger partial charge is 0.267 e. The number of rotatable bonds is 10. The van der Waals surface area contributed by atoms with Gasteiger partial charge in [0.1, 0.15) is 5.82 Å². The summed E-state index contributed by atoms with van der Waals surface area (Å²) in [6.45, 7) is 8.20. The molecule has 0 saturated carbocycles. The number of morpholine rings is 1. The molecule has 2 amide bonds. The van der Waals surface area contributed by atoms with Crippen LogP contribution in [-0.4, -0.2) is 74.8 Å². The first-order chi connectivity index (χ1) is 20.8. The predicted octanol–water partition coefficient (Wildman–Crippen LogP) is 3.46. The van der Waals surface area contributed by atoms with Crippen molar-refractivity contribution < 1.29 is 19.5 Å². The Bertz CT molecular complexity index is 1630. The molecule has 3 N–H and O–H groups in total. The molecule has 43 heavy (non-hydrogen) atoms. The van der Waals surface area contributed by atoms with Crippen molar-refractivity contribution in [2.75, 3.05) is 43.6 Å². The summed E-state index contributed by atoms with van der Waals surface area (Å²) >= 11 is 0. The number of aromatic nitrogens is 4. The SMILES string of the molecule is CCn1c(CN(C)Cc2ccc(/C=C/C(=O)NO)cc2)nc2c(N3CCOCC3)nc(-c3cccc(NC(C)=O)c3)nc21. The van der Waals surface area contributed by atoms with E-state index in [4.69, 9.17) is 24.9 Å². The maximum absolute atomic E-state index is 11.7. The second kappa shape index (κ2) is 13.6. The Labute approximate surface area is 250 Å². The van der Waals surface area contributed by atoms with Crippen LogP contribution in [0.1, 0.15) is 30.8 Å². The third kappa shape index (κ3) is 7.23. The largest absolute Gasteiger partial charge is 0.378 e. The first-order valence-electron chi connectivity index (χ1n) is 14.2. The van der Waals surface area contributed by atoms with E-state index in [9.17, 15) is 9.59 Å². The Kier molecular flexibility index (Phi) is 9.40. The molecule has 5 rings (SSSR count). The summed E-state index contributed by atoms with van der Waals surface area (Å²) in [5.74, 6) is 1.53. The fourth-order valence-electron chi connectivity index (χ4n) is 5.10. The summed E-state index contributed by atoms with van der Waals surface area (Å²) in [7, 11) is 2.05. The van der Waals surface area contributed by atoms with Gasteiger partial charge in [-0.15, -0.1) is 0 Å². The lowest BCUT2D eigenvalue weighted by molar-refractivity contribution is -0.124. The van der Waals surface area contributed by atoms with Crippen LogP contribution in [0.15, 0.2) is 54.6 Å². The summed E-state index contributed by atoms with van der Waals surface area (Å²) in [5.41, 5.74) is 6.58. The van der Waals surface area contributed by atoms with Gasteiger partial charge in [0.2, 0.25) is 5.91 Å². The lowest BCUT2D eigenvalue weighted by Crippen LogP contribution is -2.37. The number of amides is 2. The Balaban J connectivity index is 1.45. The third-order valence-electron chi connectivity index (χ3n) is 7.10. The van der Waals surface area contributed by atoms with Crippen LogP contribution in [0, 0.1) is 0 Å². The standard InChI is InChI=1S/C31H36N8O4/c1-4-39-26(20-37(3)19-23-10-8-22(9-11-23)12-13-27(41)36-42)33-28-30(38-14-16-43-17-15-38)34-29(35-31(28)39)24-6-5-7-25(18-24)32-21(2)40/h5-13,18,42H,4,14-17,19-20H2,1-3H3,(H,32,40)(H,36,41)/b13-12+. The lowest BCUT2D eigenvalue weighted by atomic mass is 10.1. The van der Waals surface area contributed by atoms with Crippen LogP contribution in [-0.2, 0) is 34.0 Å². The van der Waals surface area contributed by atoms with Gasteiger partial charge < -0.3 is 19.5 Å². The molecule has 2 aromatic heterocycles. The molecule has 12 heteroatoms. The number of hydroxylamine groups is 1. The number of nitrogens with one attached hydrogen (secondary N) is 2. The van der Waals surface area contributed by atoms with E-state index in [2.05, 4.69) is 26.6 Å². The van der Waals surface area contributed by atoms with E-state index >= 15 is 0 Å². The number of benzene rings is 2. The maximum Gasteiger partial charge on any atom is 0.267 e. The van der Waals surface area contributed by atoms with Crippen LogP contribution in [0.2, 0.25) is 0 Å². The number of carbonyl (C=O) groups excluding carboxylic acids is 2. The molecule has 4 aromatic rings. The zero-order chi connectivity index (χ0) is 30.3. The second-order valence-electron chi connectivity index (χ2n) is 10.4. The molecule has 0 spiro atoms. The van der Waals surface area contributed by atoms with Crippen LogP contribution in [0.25, 0.3) is 28.6 Å². The van der Waals surface area contributed by atoms with Gasteiger partial charge >= 0.3 is 0 Å². The molecule has 0 atom stereocenters. The first-order valence-corrected chi connectivity index (χ1v) is 14.2. The number of fused-ring (bicyclic) bond motifs is 1. The number of hydrogen-bond acceptors (Lipinski definition) is 9. The monoisotopic (exact) mass is 584 g/mol. The highest BCUT2D eigenvalue weighted by atomic mass is 16.5. The molecule has 0 bridgehead atoms. The van der Waals surface area contributed by atoms with Gasteiger partial charge in [-0.25, -0.2) is 20.4 Å². The topological polar surface area (TPSA) is 138 Å². The van der Waals surface area contributed by atoms with Crippen LogP contribution in [0.3, 0.4) is 0 Å². The highest BCUT2D eigenvalue weighted by Gasteiger charge is 2.23. The molecule has 0 aliphatic carbocycles. The van der Waals surface area contributed by atoms with Crippen LogP contribution < -0.4 is 15.7 Å². The highest BCUT2D eigenvalue weighted by molar-refractivity contribution is 5.91. The van der Waals surface area contributed by atoms with Gasteiger partial charge in [-0.2, -0.15) is 0 Å². The fourth-order valence-corrected chi connectivity index (χ4v) is 5.10. The highest BCUT2D eigenvalue weighted by Crippen LogP contribution is 2.30. The molecule has 1 fully saturated rings. The molecule has 12 nitrogen and oxygen atoms in total. The fraction of sp³-hybridized carbons (Fsp3) is 0.323. The van der Waals surface area contributed by atoms with Crippen molar-refractivity contribution in [1.82, 2.24) is 29.9 Å². The number of anilines is 2. The summed E-state index contributed by atoms with van der Waals surface area (Å²) in [4.78, 5) is 42.4.